The van der Waals surface area contributed by atoms with Gasteiger partial charge in [-0.15, -0.1) is 16.4 Å². The molecule has 1 aromatic carbocycles. The predicted octanol–water partition coefficient (Wildman–Crippen LogP) is 3.50. The van der Waals surface area contributed by atoms with Gasteiger partial charge >= 0.3 is 0 Å². The third-order valence-electron chi connectivity index (χ3n) is 4.64. The minimum Gasteiger partial charge on any atom is -0.366 e. The summed E-state index contributed by atoms with van der Waals surface area (Å²) in [5.41, 5.74) is 8.67. The van der Waals surface area contributed by atoms with Crippen molar-refractivity contribution in [2.45, 2.75) is 32.9 Å². The number of hydrogen-bond acceptors (Lipinski definition) is 6. The fourth-order valence-corrected chi connectivity index (χ4v) is 4.04. The molecule has 32 heavy (non-hydrogen) atoms. The van der Waals surface area contributed by atoms with Crippen LogP contribution in [0.4, 0.5) is 5.95 Å². The average Bonchev–Trinajstić information content (AvgIpc) is 3.36. The van der Waals surface area contributed by atoms with Gasteiger partial charge in [0.05, 0.1) is 10.4 Å². The summed E-state index contributed by atoms with van der Waals surface area (Å²) in [5, 5.41) is 11.9. The zero-order valence-electron chi connectivity index (χ0n) is 18.0. The number of nitrogen functional groups attached to an aromatic ring is 1. The van der Waals surface area contributed by atoms with Crippen molar-refractivity contribution in [2.75, 3.05) is 5.73 Å². The maximum Gasteiger partial charge on any atom is 0.261 e. The average molecular weight is 449 g/mol. The lowest BCUT2D eigenvalue weighted by Gasteiger charge is -2.20. The Morgan fingerprint density at radius 3 is 2.56 bits per heavy atom. The number of hydrogen-bond donors (Lipinski definition) is 3. The van der Waals surface area contributed by atoms with E-state index in [1.807, 2.05) is 56.5 Å². The molecule has 4 rings (SSSR count). The Morgan fingerprint density at radius 2 is 1.84 bits per heavy atom. The monoisotopic (exact) mass is 448 g/mol. The van der Waals surface area contributed by atoms with Gasteiger partial charge in [-0.3, -0.25) is 9.59 Å². The van der Waals surface area contributed by atoms with Crippen molar-refractivity contribution in [3.8, 4) is 11.1 Å². The molecule has 0 saturated heterocycles. The molecule has 4 aromatic rings. The fraction of sp³-hybridized carbons (Fsp3) is 0.217. The van der Waals surface area contributed by atoms with E-state index in [-0.39, 0.29) is 17.8 Å². The summed E-state index contributed by atoms with van der Waals surface area (Å²) in [7, 11) is 0. The fourth-order valence-electron chi connectivity index (χ4n) is 3.21. The van der Waals surface area contributed by atoms with Crippen molar-refractivity contribution in [3.05, 3.63) is 70.0 Å². The third kappa shape index (κ3) is 4.78. The molecule has 0 aliphatic heterocycles. The van der Waals surface area contributed by atoms with Crippen molar-refractivity contribution in [3.63, 3.8) is 0 Å². The number of benzene rings is 1. The molecular formula is C23H24N6O2S. The Labute approximate surface area is 189 Å². The quantitative estimate of drug-likeness (QED) is 0.432. The Morgan fingerprint density at radius 1 is 1.09 bits per heavy atom. The highest BCUT2D eigenvalue weighted by Crippen LogP contribution is 2.28. The second kappa shape index (κ2) is 8.43. The number of pyridine rings is 1. The van der Waals surface area contributed by atoms with Gasteiger partial charge in [0.15, 0.2) is 5.65 Å². The maximum absolute atomic E-state index is 12.9. The first-order valence-electron chi connectivity index (χ1n) is 10.1. The largest absolute Gasteiger partial charge is 0.366 e. The van der Waals surface area contributed by atoms with Gasteiger partial charge < -0.3 is 16.4 Å². The lowest BCUT2D eigenvalue weighted by atomic mass is 10.1. The van der Waals surface area contributed by atoms with Crippen LogP contribution in [0.3, 0.4) is 0 Å². The van der Waals surface area contributed by atoms with Gasteiger partial charge in [0, 0.05) is 23.8 Å². The predicted molar refractivity (Wildman–Crippen MR) is 126 cm³/mol. The van der Waals surface area contributed by atoms with Crippen LogP contribution in [-0.4, -0.2) is 32.0 Å². The Bertz CT molecular complexity index is 1290. The molecule has 0 saturated carbocycles. The molecule has 0 spiro atoms. The van der Waals surface area contributed by atoms with E-state index in [2.05, 4.69) is 20.7 Å². The minimum atomic E-state index is -0.415. The Balaban J connectivity index is 1.62. The number of aromatic nitrogens is 3. The molecule has 0 fully saturated rings. The van der Waals surface area contributed by atoms with Gasteiger partial charge in [-0.2, -0.15) is 4.98 Å². The number of anilines is 1. The third-order valence-corrected chi connectivity index (χ3v) is 5.56. The molecular weight excluding hydrogens is 424 g/mol. The topological polar surface area (TPSA) is 114 Å². The number of fused-ring (bicyclic) bond motifs is 1. The molecule has 0 unspecified atom stereocenters. The second-order valence-electron chi connectivity index (χ2n) is 8.45. The maximum atomic E-state index is 12.9. The van der Waals surface area contributed by atoms with Crippen LogP contribution in [-0.2, 0) is 6.54 Å². The summed E-state index contributed by atoms with van der Waals surface area (Å²) in [5.74, 6) is -0.340. The van der Waals surface area contributed by atoms with Crippen LogP contribution >= 0.6 is 11.3 Å². The molecule has 0 aliphatic carbocycles. The van der Waals surface area contributed by atoms with Crippen LogP contribution in [0.5, 0.6) is 0 Å². The van der Waals surface area contributed by atoms with Crippen LogP contribution < -0.4 is 16.4 Å². The van der Waals surface area contributed by atoms with E-state index in [1.54, 1.807) is 18.3 Å². The van der Waals surface area contributed by atoms with Gasteiger partial charge in [0.25, 0.3) is 11.8 Å². The summed E-state index contributed by atoms with van der Waals surface area (Å²) < 4.78 is 1.50. The standard InChI is InChI=1S/C23H24N6O2S/c1-23(2,3)27-20(30)17-9-15(12-29-19(17)26-22(24)28-29)16-10-18(32-13-16)21(31)25-11-14-7-5-4-6-8-14/h4-10,12-13H,11H2,1-3H3,(H2,24,28)(H,25,31)(H,27,30). The van der Waals surface area contributed by atoms with E-state index in [9.17, 15) is 9.59 Å². The number of rotatable bonds is 5. The summed E-state index contributed by atoms with van der Waals surface area (Å²) in [6.45, 7) is 6.17. The van der Waals surface area contributed by atoms with Crippen LogP contribution in [0, 0.1) is 0 Å². The first-order valence-corrected chi connectivity index (χ1v) is 11.0. The van der Waals surface area contributed by atoms with Gasteiger partial charge in [-0.05, 0) is 49.4 Å². The van der Waals surface area contributed by atoms with Crippen molar-refractivity contribution in [1.82, 2.24) is 25.2 Å². The van der Waals surface area contributed by atoms with Gasteiger partial charge in [0.2, 0.25) is 5.95 Å². The molecule has 3 aromatic heterocycles. The number of amides is 2. The number of thiophene rings is 1. The van der Waals surface area contributed by atoms with E-state index in [4.69, 9.17) is 5.73 Å². The van der Waals surface area contributed by atoms with Gasteiger partial charge in [-0.25, -0.2) is 4.52 Å². The van der Waals surface area contributed by atoms with E-state index < -0.39 is 5.54 Å². The molecule has 164 valence electrons. The molecule has 4 N–H and O–H groups in total. The summed E-state index contributed by atoms with van der Waals surface area (Å²) in [4.78, 5) is 30.3. The smallest absolute Gasteiger partial charge is 0.261 e. The first kappa shape index (κ1) is 21.5. The Hall–Kier alpha value is -3.72. The molecule has 0 aliphatic rings. The SMILES string of the molecule is CC(C)(C)NC(=O)c1cc(-c2csc(C(=O)NCc3ccccc3)c2)cn2nc(N)nc12. The number of carbonyl (C=O) groups excluding carboxylic acids is 2. The van der Waals surface area contributed by atoms with E-state index in [0.717, 1.165) is 16.7 Å². The zero-order valence-corrected chi connectivity index (χ0v) is 18.9. The molecule has 0 radical (unpaired) electrons. The molecule has 2 amide bonds. The number of nitrogens with two attached hydrogens (primary N) is 1. The lowest BCUT2D eigenvalue weighted by molar-refractivity contribution is 0.0918. The lowest BCUT2D eigenvalue weighted by Crippen LogP contribution is -2.40. The first-order chi connectivity index (χ1) is 15.2. The Kier molecular flexibility index (Phi) is 5.67. The molecule has 3 heterocycles. The highest BCUT2D eigenvalue weighted by atomic mass is 32.1. The number of nitrogens with one attached hydrogen (secondary N) is 2. The molecule has 9 heteroatoms. The van der Waals surface area contributed by atoms with Crippen LogP contribution in [0.1, 0.15) is 46.4 Å². The van der Waals surface area contributed by atoms with Crippen LogP contribution in [0.2, 0.25) is 0 Å². The highest BCUT2D eigenvalue weighted by molar-refractivity contribution is 7.12. The molecule has 0 bridgehead atoms. The molecule has 8 nitrogen and oxygen atoms in total. The van der Waals surface area contributed by atoms with Crippen LogP contribution in [0.15, 0.2) is 54.0 Å². The summed E-state index contributed by atoms with van der Waals surface area (Å²) >= 11 is 1.34. The van der Waals surface area contributed by atoms with Crippen molar-refractivity contribution in [1.29, 1.82) is 0 Å². The number of carbonyl (C=O) groups is 2. The zero-order chi connectivity index (χ0) is 22.9. The summed E-state index contributed by atoms with van der Waals surface area (Å²) in [6.07, 6.45) is 1.75. The van der Waals surface area contributed by atoms with Gasteiger partial charge in [0.1, 0.15) is 0 Å². The van der Waals surface area contributed by atoms with E-state index >= 15 is 0 Å². The van der Waals surface area contributed by atoms with Crippen LogP contribution in [0.25, 0.3) is 16.8 Å². The van der Waals surface area contributed by atoms with Crippen molar-refractivity contribution < 1.29 is 9.59 Å². The van der Waals surface area contributed by atoms with E-state index in [1.165, 1.54) is 15.9 Å². The normalized spacial score (nSPS) is 11.5. The van der Waals surface area contributed by atoms with Crippen molar-refractivity contribution in [2.24, 2.45) is 0 Å². The molecule has 0 atom stereocenters. The van der Waals surface area contributed by atoms with Crippen molar-refractivity contribution >= 4 is 34.7 Å². The van der Waals surface area contributed by atoms with Gasteiger partial charge in [-0.1, -0.05) is 30.3 Å². The highest BCUT2D eigenvalue weighted by Gasteiger charge is 2.21. The second-order valence-corrected chi connectivity index (χ2v) is 9.36. The minimum absolute atomic E-state index is 0.0817. The summed E-state index contributed by atoms with van der Waals surface area (Å²) in [6, 6.07) is 13.3. The van der Waals surface area contributed by atoms with E-state index in [0.29, 0.717) is 22.6 Å². The number of nitrogens with zero attached hydrogens (tertiary/aromatic N) is 3.